The number of rotatable bonds is 6. The van der Waals surface area contributed by atoms with Gasteiger partial charge in [0, 0.05) is 66.0 Å². The van der Waals surface area contributed by atoms with E-state index in [-0.39, 0.29) is 23.6 Å². The molecule has 4 aliphatic rings. The number of nitrogens with zero attached hydrogens (tertiary/aromatic N) is 5. The number of likely N-dealkylation sites (tertiary alicyclic amines) is 1. The van der Waals surface area contributed by atoms with E-state index in [9.17, 15) is 18.0 Å². The van der Waals surface area contributed by atoms with Crippen LogP contribution in [0.15, 0.2) is 35.4 Å². The van der Waals surface area contributed by atoms with Crippen LogP contribution in [0.3, 0.4) is 0 Å². The van der Waals surface area contributed by atoms with E-state index in [0.717, 1.165) is 71.8 Å². The fourth-order valence-corrected chi connectivity index (χ4v) is 8.60. The molecule has 2 saturated heterocycles. The number of hydrogen-bond donors (Lipinski definition) is 1. The zero-order valence-corrected chi connectivity index (χ0v) is 24.5. The lowest BCUT2D eigenvalue weighted by Gasteiger charge is -2.34. The summed E-state index contributed by atoms with van der Waals surface area (Å²) in [5, 5.41) is 3.19. The molecule has 216 valence electrons. The van der Waals surface area contributed by atoms with E-state index in [4.69, 9.17) is 0 Å². The predicted molar refractivity (Wildman–Crippen MR) is 156 cm³/mol. The summed E-state index contributed by atoms with van der Waals surface area (Å²) in [7, 11) is 2.18. The van der Waals surface area contributed by atoms with Crippen molar-refractivity contribution in [1.82, 2.24) is 19.8 Å². The van der Waals surface area contributed by atoms with E-state index in [1.807, 2.05) is 11.0 Å². The number of alkyl halides is 3. The van der Waals surface area contributed by atoms with E-state index in [1.54, 1.807) is 6.07 Å². The fraction of sp³-hybridized carbons (Fsp3) is 0.483. The van der Waals surface area contributed by atoms with Crippen LogP contribution in [0.4, 0.5) is 30.5 Å². The molecule has 1 N–H and O–H groups in total. The Hall–Kier alpha value is -2.83. The molecule has 2 bridgehead atoms. The van der Waals surface area contributed by atoms with Crippen LogP contribution >= 0.6 is 23.1 Å². The Bertz CT molecular complexity index is 1500. The summed E-state index contributed by atoms with van der Waals surface area (Å²) in [6.07, 6.45) is 0.111. The number of thiophene rings is 1. The first-order valence-corrected chi connectivity index (χ1v) is 15.9. The first-order valence-electron chi connectivity index (χ1n) is 14.1. The summed E-state index contributed by atoms with van der Waals surface area (Å²) in [6, 6.07) is 9.24. The van der Waals surface area contributed by atoms with Crippen molar-refractivity contribution in [2.24, 2.45) is 0 Å². The number of aromatic nitrogens is 2. The topological polar surface area (TPSA) is 64.6 Å². The highest BCUT2D eigenvalue weighted by Crippen LogP contribution is 2.44. The molecule has 41 heavy (non-hydrogen) atoms. The summed E-state index contributed by atoms with van der Waals surface area (Å²) >= 11 is 2.61. The second kappa shape index (κ2) is 10.2. The van der Waals surface area contributed by atoms with Crippen molar-refractivity contribution < 1.29 is 18.0 Å². The number of fused-ring (bicyclic) bond motifs is 3. The normalized spacial score (nSPS) is 22.8. The van der Waals surface area contributed by atoms with Crippen LogP contribution in [0.25, 0.3) is 10.6 Å². The van der Waals surface area contributed by atoms with Crippen molar-refractivity contribution >= 4 is 46.3 Å². The molecule has 3 aliphatic heterocycles. The van der Waals surface area contributed by atoms with Crippen LogP contribution in [0.5, 0.6) is 0 Å². The van der Waals surface area contributed by atoms with E-state index in [1.165, 1.54) is 23.9 Å². The van der Waals surface area contributed by atoms with Gasteiger partial charge >= 0.3 is 6.18 Å². The molecule has 1 amide bonds. The predicted octanol–water partition coefficient (Wildman–Crippen LogP) is 6.13. The summed E-state index contributed by atoms with van der Waals surface area (Å²) in [4.78, 5) is 30.0. The monoisotopic (exact) mass is 600 g/mol. The molecule has 1 aliphatic carbocycles. The third kappa shape index (κ3) is 4.97. The van der Waals surface area contributed by atoms with Crippen LogP contribution in [-0.4, -0.2) is 76.2 Å². The van der Waals surface area contributed by atoms with Gasteiger partial charge in [0.15, 0.2) is 0 Å². The maximum atomic E-state index is 14.1. The van der Waals surface area contributed by atoms with Gasteiger partial charge in [-0.15, -0.1) is 23.1 Å². The number of nitrogens with one attached hydrogen (secondary N) is 1. The van der Waals surface area contributed by atoms with Crippen molar-refractivity contribution in [2.75, 3.05) is 42.7 Å². The number of carbonyl (C=O) groups excluding carboxylic acids is 1. The van der Waals surface area contributed by atoms with Gasteiger partial charge in [-0.3, -0.25) is 9.69 Å². The molecule has 5 heterocycles. The molecule has 1 saturated carbocycles. The standard InChI is InChI=1S/C29H31F3N6OS2/c1-3-16-10-18(38-15-19-11-20(38)14-36(19)2)6-7-22(16)34-28-33-13-21(29(30,31)32)25(35-28)23-12-24-26(41-23)27(39)37(8-9-40-24)17-4-5-17/h6-7,10,12-13,17,19-20H,3-5,8-9,11,14-15H2,1-2H3,(H,33,34,35)/t19-,20-/m1/s1. The van der Waals surface area contributed by atoms with Crippen LogP contribution in [0, 0.1) is 0 Å². The average Bonchev–Trinajstić information content (AvgIpc) is 3.45. The Morgan fingerprint density at radius 3 is 2.61 bits per heavy atom. The van der Waals surface area contributed by atoms with Crippen LogP contribution in [0.1, 0.15) is 47.0 Å². The van der Waals surface area contributed by atoms with Crippen molar-refractivity contribution in [3.05, 3.63) is 46.5 Å². The molecule has 7 nitrogen and oxygen atoms in total. The lowest BCUT2D eigenvalue weighted by atomic mass is 10.1. The van der Waals surface area contributed by atoms with Gasteiger partial charge in [0.05, 0.1) is 10.6 Å². The maximum absolute atomic E-state index is 14.1. The number of piperazine rings is 1. The highest BCUT2D eigenvalue weighted by atomic mass is 32.2. The lowest BCUT2D eigenvalue weighted by molar-refractivity contribution is -0.137. The number of thioether (sulfide) groups is 1. The number of aryl methyl sites for hydroxylation is 1. The van der Waals surface area contributed by atoms with Gasteiger partial charge in [0.25, 0.3) is 5.91 Å². The van der Waals surface area contributed by atoms with Crippen LogP contribution in [-0.2, 0) is 12.6 Å². The van der Waals surface area contributed by atoms with Gasteiger partial charge in [-0.05, 0) is 62.6 Å². The Balaban J connectivity index is 1.20. The lowest BCUT2D eigenvalue weighted by Crippen LogP contribution is -2.44. The van der Waals surface area contributed by atoms with E-state index >= 15 is 0 Å². The van der Waals surface area contributed by atoms with Crippen molar-refractivity contribution in [3.63, 3.8) is 0 Å². The van der Waals surface area contributed by atoms with E-state index in [0.29, 0.717) is 28.4 Å². The molecule has 0 radical (unpaired) electrons. The molecular formula is C29H31F3N6OS2. The largest absolute Gasteiger partial charge is 0.420 e. The molecule has 2 atom stereocenters. The quantitative estimate of drug-likeness (QED) is 0.365. The maximum Gasteiger partial charge on any atom is 0.420 e. The highest BCUT2D eigenvalue weighted by molar-refractivity contribution is 7.99. The summed E-state index contributed by atoms with van der Waals surface area (Å²) < 4.78 is 42.3. The van der Waals surface area contributed by atoms with Crippen molar-refractivity contribution in [3.8, 4) is 10.6 Å². The Morgan fingerprint density at radius 1 is 1.10 bits per heavy atom. The Kier molecular flexibility index (Phi) is 6.70. The number of amides is 1. The number of anilines is 3. The summed E-state index contributed by atoms with van der Waals surface area (Å²) in [5.74, 6) is 0.731. The number of likely N-dealkylation sites (N-methyl/N-ethyl adjacent to an activating group) is 1. The molecule has 0 spiro atoms. The summed E-state index contributed by atoms with van der Waals surface area (Å²) in [6.45, 7) is 4.79. The van der Waals surface area contributed by atoms with E-state index < -0.39 is 11.7 Å². The second-order valence-corrected chi connectivity index (χ2v) is 13.5. The Labute approximate surface area is 245 Å². The zero-order valence-electron chi connectivity index (χ0n) is 22.9. The number of carbonyl (C=O) groups is 1. The third-order valence-electron chi connectivity index (χ3n) is 8.62. The minimum absolute atomic E-state index is 0.0877. The molecule has 1 aromatic carbocycles. The Morgan fingerprint density at radius 2 is 1.93 bits per heavy atom. The smallest absolute Gasteiger partial charge is 0.366 e. The second-order valence-electron chi connectivity index (χ2n) is 11.3. The molecule has 7 rings (SSSR count). The number of benzene rings is 1. The first-order chi connectivity index (χ1) is 19.7. The van der Waals surface area contributed by atoms with Crippen molar-refractivity contribution in [1.29, 1.82) is 0 Å². The minimum atomic E-state index is -4.63. The van der Waals surface area contributed by atoms with Gasteiger partial charge in [0.2, 0.25) is 5.95 Å². The molecular weight excluding hydrogens is 569 g/mol. The van der Waals surface area contributed by atoms with E-state index in [2.05, 4.69) is 51.2 Å². The first kappa shape index (κ1) is 27.0. The van der Waals surface area contributed by atoms with Gasteiger partial charge < -0.3 is 15.1 Å². The molecule has 2 aromatic heterocycles. The third-order valence-corrected chi connectivity index (χ3v) is 10.9. The number of halogens is 3. The highest BCUT2D eigenvalue weighted by Gasteiger charge is 2.42. The van der Waals surface area contributed by atoms with Gasteiger partial charge in [-0.25, -0.2) is 9.97 Å². The average molecular weight is 601 g/mol. The molecule has 3 fully saturated rings. The van der Waals surface area contributed by atoms with Crippen LogP contribution < -0.4 is 10.2 Å². The summed E-state index contributed by atoms with van der Waals surface area (Å²) in [5.41, 5.74) is 1.89. The van der Waals surface area contributed by atoms with Crippen molar-refractivity contribution in [2.45, 2.75) is 61.8 Å². The molecule has 0 unspecified atom stereocenters. The van der Waals surface area contributed by atoms with Gasteiger partial charge in [-0.1, -0.05) is 6.92 Å². The zero-order chi connectivity index (χ0) is 28.5. The minimum Gasteiger partial charge on any atom is -0.366 e. The number of hydrogen-bond acceptors (Lipinski definition) is 8. The van der Waals surface area contributed by atoms with Gasteiger partial charge in [0.1, 0.15) is 10.4 Å². The molecule has 3 aromatic rings. The fourth-order valence-electron chi connectivity index (χ4n) is 6.28. The van der Waals surface area contributed by atoms with Gasteiger partial charge in [-0.2, -0.15) is 13.2 Å². The SMILES string of the molecule is CCc1cc(N2C[C@H]3C[C@@H]2CN3C)ccc1Nc1ncc(C(F)(F)F)c(-c2cc3c(s2)C(=O)N(C2CC2)CCS3)n1. The van der Waals surface area contributed by atoms with Crippen LogP contribution in [0.2, 0.25) is 0 Å². The molecule has 12 heteroatoms.